The predicted octanol–water partition coefficient (Wildman–Crippen LogP) is 3.21. The average Bonchev–Trinajstić information content (AvgIpc) is 2.93. The van der Waals surface area contributed by atoms with Crippen LogP contribution in [0.1, 0.15) is 38.7 Å². The van der Waals surface area contributed by atoms with E-state index in [9.17, 15) is 9.18 Å². The number of carbonyl (C=O) groups is 1. The molecule has 1 amide bonds. The third kappa shape index (κ3) is 3.45. The first-order chi connectivity index (χ1) is 8.35. The summed E-state index contributed by atoms with van der Waals surface area (Å²) in [6.45, 7) is 5.47. The maximum absolute atomic E-state index is 13.1. The Morgan fingerprint density at radius 3 is 2.78 bits per heavy atom. The van der Waals surface area contributed by atoms with E-state index in [1.165, 1.54) is 12.1 Å². The fourth-order valence-electron chi connectivity index (χ4n) is 1.92. The topological polar surface area (TPSA) is 38.3 Å². The van der Waals surface area contributed by atoms with Crippen molar-refractivity contribution in [1.82, 2.24) is 5.32 Å². The Morgan fingerprint density at radius 2 is 2.17 bits per heavy atom. The number of nitrogens with one attached hydrogen (secondary N) is 1. The van der Waals surface area contributed by atoms with Gasteiger partial charge in [0.1, 0.15) is 11.4 Å². The second-order valence-corrected chi connectivity index (χ2v) is 5.65. The second-order valence-electron chi connectivity index (χ2n) is 5.65. The number of hydrogen-bond acceptors (Lipinski definition) is 2. The number of alkyl carbamates (subject to hydrolysis) is 1. The first-order valence-electron chi connectivity index (χ1n) is 6.10. The zero-order valence-electron chi connectivity index (χ0n) is 10.9. The monoisotopic (exact) mass is 251 g/mol. The van der Waals surface area contributed by atoms with Crippen molar-refractivity contribution in [3.8, 4) is 0 Å². The summed E-state index contributed by atoms with van der Waals surface area (Å²) < 4.78 is 18.2. The number of benzene rings is 1. The van der Waals surface area contributed by atoms with Crippen LogP contribution in [0.2, 0.25) is 0 Å². The van der Waals surface area contributed by atoms with Crippen molar-refractivity contribution in [2.24, 2.45) is 0 Å². The Bertz CT molecular complexity index is 453. The Kier molecular flexibility index (Phi) is 3.28. The highest BCUT2D eigenvalue weighted by molar-refractivity contribution is 5.69. The van der Waals surface area contributed by atoms with Gasteiger partial charge < -0.3 is 10.1 Å². The first-order valence-corrected chi connectivity index (χ1v) is 6.10. The predicted molar refractivity (Wildman–Crippen MR) is 66.9 cm³/mol. The van der Waals surface area contributed by atoms with Gasteiger partial charge in [0.05, 0.1) is 0 Å². The summed E-state index contributed by atoms with van der Waals surface area (Å²) in [5, 5.41) is 2.79. The molecule has 98 valence electrons. The molecule has 0 spiro atoms. The zero-order chi connectivity index (χ0) is 13.3. The minimum atomic E-state index is -0.493. The molecule has 0 unspecified atom stereocenters. The van der Waals surface area contributed by atoms with Gasteiger partial charge in [0.25, 0.3) is 0 Å². The van der Waals surface area contributed by atoms with Gasteiger partial charge in [0.2, 0.25) is 0 Å². The fraction of sp³-hybridized carbons (Fsp3) is 0.500. The lowest BCUT2D eigenvalue weighted by atomic mass is 10.1. The Labute approximate surface area is 106 Å². The van der Waals surface area contributed by atoms with E-state index >= 15 is 0 Å². The van der Waals surface area contributed by atoms with Crippen molar-refractivity contribution in [3.05, 3.63) is 35.6 Å². The lowest BCUT2D eigenvalue weighted by Crippen LogP contribution is -2.34. The Balaban J connectivity index is 1.87. The molecule has 1 fully saturated rings. The van der Waals surface area contributed by atoms with Gasteiger partial charge in [-0.1, -0.05) is 12.1 Å². The summed E-state index contributed by atoms with van der Waals surface area (Å²) in [4.78, 5) is 11.5. The number of hydrogen-bond donors (Lipinski definition) is 1. The van der Waals surface area contributed by atoms with Gasteiger partial charge in [-0.25, -0.2) is 9.18 Å². The van der Waals surface area contributed by atoms with E-state index in [-0.39, 0.29) is 17.8 Å². The van der Waals surface area contributed by atoms with Crippen molar-refractivity contribution >= 4 is 6.09 Å². The van der Waals surface area contributed by atoms with Crippen molar-refractivity contribution in [2.75, 3.05) is 0 Å². The highest BCUT2D eigenvalue weighted by atomic mass is 19.1. The number of rotatable bonds is 2. The molecular formula is C14H18FNO2. The first kappa shape index (κ1) is 12.9. The molecule has 1 aliphatic carbocycles. The zero-order valence-corrected chi connectivity index (χ0v) is 10.9. The van der Waals surface area contributed by atoms with Crippen LogP contribution >= 0.6 is 0 Å². The molecule has 2 atom stereocenters. The molecule has 1 N–H and O–H groups in total. The molecule has 1 saturated carbocycles. The van der Waals surface area contributed by atoms with Gasteiger partial charge in [-0.2, -0.15) is 0 Å². The standard InChI is InChI=1S/C14H18FNO2/c1-14(2,3)18-13(17)16-12-8-11(12)9-5-4-6-10(15)7-9/h4-7,11-12H,8H2,1-3H3,(H,16,17)/t11-,12+/m1/s1. The molecule has 0 bridgehead atoms. The highest BCUT2D eigenvalue weighted by Crippen LogP contribution is 2.40. The summed E-state index contributed by atoms with van der Waals surface area (Å²) >= 11 is 0. The van der Waals surface area contributed by atoms with Crippen LogP contribution in [-0.4, -0.2) is 17.7 Å². The number of carbonyl (C=O) groups excluding carboxylic acids is 1. The summed E-state index contributed by atoms with van der Waals surface area (Å²) in [6, 6.07) is 6.56. The van der Waals surface area contributed by atoms with E-state index in [1.54, 1.807) is 6.07 Å². The molecule has 18 heavy (non-hydrogen) atoms. The largest absolute Gasteiger partial charge is 0.444 e. The number of ether oxygens (including phenoxy) is 1. The van der Waals surface area contributed by atoms with E-state index in [0.29, 0.717) is 0 Å². The molecule has 0 heterocycles. The van der Waals surface area contributed by atoms with Crippen LogP contribution in [0, 0.1) is 5.82 Å². The smallest absolute Gasteiger partial charge is 0.407 e. The third-order valence-corrected chi connectivity index (χ3v) is 2.77. The van der Waals surface area contributed by atoms with Crippen LogP contribution in [0.15, 0.2) is 24.3 Å². The van der Waals surface area contributed by atoms with E-state index in [0.717, 1.165) is 12.0 Å². The van der Waals surface area contributed by atoms with Crippen molar-refractivity contribution < 1.29 is 13.9 Å². The van der Waals surface area contributed by atoms with Gasteiger partial charge in [0.15, 0.2) is 0 Å². The van der Waals surface area contributed by atoms with Gasteiger partial charge in [-0.3, -0.25) is 0 Å². The molecule has 1 aromatic rings. The van der Waals surface area contributed by atoms with E-state index in [4.69, 9.17) is 4.74 Å². The lowest BCUT2D eigenvalue weighted by Gasteiger charge is -2.19. The average molecular weight is 251 g/mol. The van der Waals surface area contributed by atoms with E-state index in [1.807, 2.05) is 26.8 Å². The maximum Gasteiger partial charge on any atom is 0.407 e. The Morgan fingerprint density at radius 1 is 1.44 bits per heavy atom. The van der Waals surface area contributed by atoms with Gasteiger partial charge in [0, 0.05) is 12.0 Å². The molecule has 0 aliphatic heterocycles. The van der Waals surface area contributed by atoms with Crippen LogP contribution in [0.3, 0.4) is 0 Å². The molecule has 0 radical (unpaired) electrons. The van der Waals surface area contributed by atoms with Crippen LogP contribution in [0.5, 0.6) is 0 Å². The van der Waals surface area contributed by atoms with Crippen molar-refractivity contribution in [1.29, 1.82) is 0 Å². The Hall–Kier alpha value is -1.58. The maximum atomic E-state index is 13.1. The minimum Gasteiger partial charge on any atom is -0.444 e. The van der Waals surface area contributed by atoms with Gasteiger partial charge in [-0.05, 0) is 44.9 Å². The second kappa shape index (κ2) is 4.59. The summed E-state index contributed by atoms with van der Waals surface area (Å²) in [5.41, 5.74) is 0.434. The minimum absolute atomic E-state index is 0.0571. The molecule has 0 saturated heterocycles. The van der Waals surface area contributed by atoms with Crippen LogP contribution < -0.4 is 5.32 Å². The normalized spacial score (nSPS) is 22.4. The molecule has 0 aromatic heterocycles. The summed E-state index contributed by atoms with van der Waals surface area (Å²) in [6.07, 6.45) is 0.425. The van der Waals surface area contributed by atoms with Crippen LogP contribution in [-0.2, 0) is 4.74 Å². The lowest BCUT2D eigenvalue weighted by molar-refractivity contribution is 0.0523. The fourth-order valence-corrected chi connectivity index (χ4v) is 1.92. The number of halogens is 1. The molecule has 4 heteroatoms. The molecule has 1 aliphatic rings. The van der Waals surface area contributed by atoms with E-state index < -0.39 is 11.7 Å². The summed E-state index contributed by atoms with van der Waals surface area (Å²) in [7, 11) is 0. The molecular weight excluding hydrogens is 233 g/mol. The van der Waals surface area contributed by atoms with Gasteiger partial charge >= 0.3 is 6.09 Å². The molecule has 1 aromatic carbocycles. The third-order valence-electron chi connectivity index (χ3n) is 2.77. The highest BCUT2D eigenvalue weighted by Gasteiger charge is 2.40. The summed E-state index contributed by atoms with van der Waals surface area (Å²) in [5.74, 6) is -0.0383. The van der Waals surface area contributed by atoms with Crippen LogP contribution in [0.4, 0.5) is 9.18 Å². The van der Waals surface area contributed by atoms with E-state index in [2.05, 4.69) is 5.32 Å². The van der Waals surface area contributed by atoms with Crippen LogP contribution in [0.25, 0.3) is 0 Å². The van der Waals surface area contributed by atoms with Crippen molar-refractivity contribution in [2.45, 2.75) is 44.8 Å². The molecule has 3 nitrogen and oxygen atoms in total. The molecule has 2 rings (SSSR count). The van der Waals surface area contributed by atoms with Crippen molar-refractivity contribution in [3.63, 3.8) is 0 Å². The number of amides is 1. The quantitative estimate of drug-likeness (QED) is 0.876. The van der Waals surface area contributed by atoms with Gasteiger partial charge in [-0.15, -0.1) is 0 Å². The SMILES string of the molecule is CC(C)(C)OC(=O)N[C@H]1C[C@@H]1c1cccc(F)c1.